The number of hydrogen-bond acceptors (Lipinski definition) is 5. The van der Waals surface area contributed by atoms with Crippen LogP contribution in [0.25, 0.3) is 11.1 Å². The van der Waals surface area contributed by atoms with Crippen LogP contribution in [0.2, 0.25) is 0 Å². The molecule has 8 nitrogen and oxygen atoms in total. The maximum atomic E-state index is 13.5. The second-order valence-electron chi connectivity index (χ2n) is 13.7. The lowest BCUT2D eigenvalue weighted by molar-refractivity contribution is -0.136. The molecule has 0 aliphatic heterocycles. The number of ether oxygens (including phenoxy) is 2. The Hall–Kier alpha value is -3.55. The first kappa shape index (κ1) is 31.4. The molecule has 8 heteroatoms. The van der Waals surface area contributed by atoms with Crippen molar-refractivity contribution in [3.63, 3.8) is 0 Å². The summed E-state index contributed by atoms with van der Waals surface area (Å²) < 4.78 is 11.3. The number of amides is 2. The summed E-state index contributed by atoms with van der Waals surface area (Å²) in [5, 5.41) is 12.0. The Balaban J connectivity index is 1.42. The van der Waals surface area contributed by atoms with E-state index in [4.69, 9.17) is 14.6 Å². The Labute approximate surface area is 249 Å². The molecule has 228 valence electrons. The van der Waals surface area contributed by atoms with Gasteiger partial charge in [0, 0.05) is 30.5 Å². The summed E-state index contributed by atoms with van der Waals surface area (Å²) in [5.74, 6) is -0.555. The summed E-state index contributed by atoms with van der Waals surface area (Å²) in [7, 11) is 0. The Morgan fingerprint density at radius 3 is 2.12 bits per heavy atom. The number of carbonyl (C=O) groups is 3. The number of benzene rings is 2. The molecule has 0 spiro atoms. The second-order valence-corrected chi connectivity index (χ2v) is 13.7. The molecule has 0 heterocycles. The summed E-state index contributed by atoms with van der Waals surface area (Å²) in [6.45, 7) is 11.2. The van der Waals surface area contributed by atoms with Gasteiger partial charge in [0.1, 0.15) is 11.2 Å². The van der Waals surface area contributed by atoms with E-state index < -0.39 is 23.3 Å². The van der Waals surface area contributed by atoms with Crippen molar-refractivity contribution in [3.8, 4) is 11.1 Å². The zero-order chi connectivity index (χ0) is 30.7. The number of aryl methyl sites for hydroxylation is 1. The van der Waals surface area contributed by atoms with Crippen molar-refractivity contribution >= 4 is 18.2 Å². The van der Waals surface area contributed by atoms with Crippen molar-refractivity contribution in [2.45, 2.75) is 122 Å². The van der Waals surface area contributed by atoms with Gasteiger partial charge in [-0.1, -0.05) is 48.5 Å². The highest BCUT2D eigenvalue weighted by atomic mass is 16.6. The molecule has 2 amide bonds. The quantitative estimate of drug-likeness (QED) is 0.341. The predicted octanol–water partition coefficient (Wildman–Crippen LogP) is 7.30. The summed E-state index contributed by atoms with van der Waals surface area (Å²) in [5.41, 5.74) is 3.21. The number of nitrogens with one attached hydrogen (secondary N) is 1. The zero-order valence-corrected chi connectivity index (χ0v) is 25.8. The molecular formula is C34H46N2O6. The van der Waals surface area contributed by atoms with E-state index in [2.05, 4.69) is 35.6 Å². The maximum Gasteiger partial charge on any atom is 0.410 e. The second kappa shape index (κ2) is 12.8. The van der Waals surface area contributed by atoms with Crippen LogP contribution in [0.1, 0.15) is 97.1 Å². The Morgan fingerprint density at radius 1 is 0.881 bits per heavy atom. The standard InChI is InChI=1S/C34H46N2O6/c1-33(2,3)41-31(39)35-26-15-17-27(18-16-26)36(32(40)42-34(4,5)6)29-21-28(29)24-13-11-23(12-14-24)25-9-7-8-22(20-25)10-19-30(37)38/h7-9,11-14,20,26-29H,10,15-19,21H2,1-6H3,(H,35,39)(H,37,38)/t26?,27?,28-,29+/m0/s1. The average molecular weight is 579 g/mol. The highest BCUT2D eigenvalue weighted by Crippen LogP contribution is 2.47. The first-order chi connectivity index (χ1) is 19.7. The van der Waals surface area contributed by atoms with Gasteiger partial charge in [-0.3, -0.25) is 4.79 Å². The summed E-state index contributed by atoms with van der Waals surface area (Å²) in [6, 6.07) is 16.7. The fourth-order valence-corrected chi connectivity index (χ4v) is 5.77. The number of hydrogen-bond donors (Lipinski definition) is 2. The van der Waals surface area contributed by atoms with Gasteiger partial charge in [0.05, 0.1) is 0 Å². The third-order valence-corrected chi connectivity index (χ3v) is 7.76. The SMILES string of the molecule is CC(C)(C)OC(=O)NC1CCC(N(C(=O)OC(C)(C)C)[C@@H]2C[C@H]2c2ccc(-c3cccc(CCC(=O)O)c3)cc2)CC1. The first-order valence-corrected chi connectivity index (χ1v) is 15.1. The van der Waals surface area contributed by atoms with E-state index in [9.17, 15) is 14.4 Å². The van der Waals surface area contributed by atoms with Gasteiger partial charge in [-0.2, -0.15) is 0 Å². The van der Waals surface area contributed by atoms with E-state index in [0.29, 0.717) is 6.42 Å². The van der Waals surface area contributed by atoms with Gasteiger partial charge < -0.3 is 24.8 Å². The molecule has 2 atom stereocenters. The molecule has 2 aromatic carbocycles. The van der Waals surface area contributed by atoms with E-state index in [1.54, 1.807) is 0 Å². The van der Waals surface area contributed by atoms with E-state index in [-0.39, 0.29) is 36.6 Å². The topological polar surface area (TPSA) is 105 Å². The molecule has 0 bridgehead atoms. The van der Waals surface area contributed by atoms with E-state index >= 15 is 0 Å². The van der Waals surface area contributed by atoms with Gasteiger partial charge in [-0.15, -0.1) is 0 Å². The maximum absolute atomic E-state index is 13.5. The fraction of sp³-hybridized carbons (Fsp3) is 0.559. The third kappa shape index (κ3) is 8.97. The highest BCUT2D eigenvalue weighted by molar-refractivity contribution is 5.71. The van der Waals surface area contributed by atoms with Crippen LogP contribution in [0.3, 0.4) is 0 Å². The Morgan fingerprint density at radius 2 is 1.52 bits per heavy atom. The molecule has 2 N–H and O–H groups in total. The lowest BCUT2D eigenvalue weighted by Gasteiger charge is -2.38. The lowest BCUT2D eigenvalue weighted by Crippen LogP contribution is -2.49. The van der Waals surface area contributed by atoms with Crippen molar-refractivity contribution in [1.29, 1.82) is 0 Å². The number of carboxylic acid groups (broad SMARTS) is 1. The molecule has 0 unspecified atom stereocenters. The largest absolute Gasteiger partial charge is 0.481 e. The summed E-state index contributed by atoms with van der Waals surface area (Å²) in [4.78, 5) is 38.7. The van der Waals surface area contributed by atoms with E-state index in [0.717, 1.165) is 48.8 Å². The monoisotopic (exact) mass is 578 g/mol. The summed E-state index contributed by atoms with van der Waals surface area (Å²) >= 11 is 0. The minimum atomic E-state index is -0.797. The van der Waals surface area contributed by atoms with Crippen molar-refractivity contribution in [1.82, 2.24) is 10.2 Å². The average Bonchev–Trinajstić information content (AvgIpc) is 3.67. The number of aliphatic carboxylic acids is 1. The number of carbonyl (C=O) groups excluding carboxylic acids is 2. The van der Waals surface area contributed by atoms with Gasteiger partial charge in [0.15, 0.2) is 0 Å². The van der Waals surface area contributed by atoms with Crippen LogP contribution >= 0.6 is 0 Å². The fourth-order valence-electron chi connectivity index (χ4n) is 5.77. The predicted molar refractivity (Wildman–Crippen MR) is 162 cm³/mol. The van der Waals surface area contributed by atoms with E-state index in [1.165, 1.54) is 5.56 Å². The Kier molecular flexibility index (Phi) is 9.53. The molecule has 2 aromatic rings. The minimum Gasteiger partial charge on any atom is -0.481 e. The van der Waals surface area contributed by atoms with Crippen molar-refractivity contribution in [2.75, 3.05) is 0 Å². The van der Waals surface area contributed by atoms with Crippen molar-refractivity contribution in [2.24, 2.45) is 0 Å². The van der Waals surface area contributed by atoms with Crippen molar-refractivity contribution < 1.29 is 29.0 Å². The minimum absolute atomic E-state index is 0.0294. The van der Waals surface area contributed by atoms with E-state index in [1.807, 2.05) is 64.6 Å². The van der Waals surface area contributed by atoms with Gasteiger partial charge >= 0.3 is 18.2 Å². The third-order valence-electron chi connectivity index (χ3n) is 7.76. The number of nitrogens with zero attached hydrogens (tertiary/aromatic N) is 1. The molecule has 0 radical (unpaired) electrons. The number of carboxylic acids is 1. The van der Waals surface area contributed by atoms with Crippen LogP contribution in [-0.2, 0) is 20.7 Å². The molecule has 2 aliphatic carbocycles. The normalized spacial score (nSPS) is 22.1. The van der Waals surface area contributed by atoms with Crippen LogP contribution in [-0.4, -0.2) is 57.5 Å². The van der Waals surface area contributed by atoms with Crippen LogP contribution < -0.4 is 5.32 Å². The van der Waals surface area contributed by atoms with Crippen molar-refractivity contribution in [3.05, 3.63) is 59.7 Å². The number of alkyl carbamates (subject to hydrolysis) is 1. The number of rotatable bonds is 8. The lowest BCUT2D eigenvalue weighted by atomic mass is 9.90. The van der Waals surface area contributed by atoms with Crippen LogP contribution in [0.15, 0.2) is 48.5 Å². The molecule has 2 aliphatic rings. The molecule has 0 aromatic heterocycles. The molecule has 2 saturated carbocycles. The van der Waals surface area contributed by atoms with Gasteiger partial charge in [-0.05, 0) is 102 Å². The summed E-state index contributed by atoms with van der Waals surface area (Å²) in [6.07, 6.45) is 3.98. The zero-order valence-electron chi connectivity index (χ0n) is 25.8. The molecule has 4 rings (SSSR count). The van der Waals surface area contributed by atoms with Crippen LogP contribution in [0.4, 0.5) is 9.59 Å². The molecule has 42 heavy (non-hydrogen) atoms. The molecular weight excluding hydrogens is 532 g/mol. The van der Waals surface area contributed by atoms with Crippen LogP contribution in [0.5, 0.6) is 0 Å². The van der Waals surface area contributed by atoms with Gasteiger partial charge in [0.25, 0.3) is 0 Å². The first-order valence-electron chi connectivity index (χ1n) is 15.1. The smallest absolute Gasteiger partial charge is 0.410 e. The van der Waals surface area contributed by atoms with Gasteiger partial charge in [-0.25, -0.2) is 9.59 Å². The Bertz CT molecular complexity index is 1250. The molecule has 2 fully saturated rings. The highest BCUT2D eigenvalue weighted by Gasteiger charge is 2.49. The van der Waals surface area contributed by atoms with Gasteiger partial charge in [0.2, 0.25) is 0 Å². The molecule has 0 saturated heterocycles. The van der Waals surface area contributed by atoms with Crippen LogP contribution in [0, 0.1) is 0 Å².